The van der Waals surface area contributed by atoms with Crippen molar-refractivity contribution in [3.8, 4) is 0 Å². The summed E-state index contributed by atoms with van der Waals surface area (Å²) in [4.78, 5) is 0. The van der Waals surface area contributed by atoms with Gasteiger partial charge >= 0.3 is 0 Å². The van der Waals surface area contributed by atoms with E-state index < -0.39 is 0 Å². The summed E-state index contributed by atoms with van der Waals surface area (Å²) in [5.41, 5.74) is 0. The van der Waals surface area contributed by atoms with Crippen LogP contribution in [0.1, 0.15) is 19.8 Å². The fourth-order valence-corrected chi connectivity index (χ4v) is 3.59. The van der Waals surface area contributed by atoms with Gasteiger partial charge in [-0.2, -0.15) is 11.8 Å². The van der Waals surface area contributed by atoms with Crippen molar-refractivity contribution < 1.29 is 0 Å². The van der Waals surface area contributed by atoms with Crippen molar-refractivity contribution in [2.45, 2.75) is 31.8 Å². The lowest BCUT2D eigenvalue weighted by molar-refractivity contribution is 0.332. The average Bonchev–Trinajstić information content (AvgIpc) is 2.54. The van der Waals surface area contributed by atoms with Gasteiger partial charge in [-0.3, -0.25) is 0 Å². The Morgan fingerprint density at radius 3 is 2.92 bits per heavy atom. The van der Waals surface area contributed by atoms with Crippen molar-refractivity contribution in [2.24, 2.45) is 5.92 Å². The maximum atomic E-state index is 3.78. The van der Waals surface area contributed by atoms with Gasteiger partial charge in [-0.15, -0.1) is 0 Å². The minimum atomic E-state index is 0.736. The number of nitrogens with one attached hydrogen (secondary N) is 2. The van der Waals surface area contributed by atoms with E-state index in [2.05, 4.69) is 29.3 Å². The Bertz CT molecular complexity index is 157. The number of hydrogen-bond donors (Lipinski definition) is 2. The summed E-state index contributed by atoms with van der Waals surface area (Å²) in [5, 5.41) is 7.24. The van der Waals surface area contributed by atoms with Crippen molar-refractivity contribution in [2.75, 3.05) is 24.6 Å². The molecule has 2 nitrogen and oxygen atoms in total. The molecule has 0 aromatic carbocycles. The fraction of sp³-hybridized carbons (Fsp3) is 1.00. The van der Waals surface area contributed by atoms with E-state index >= 15 is 0 Å². The van der Waals surface area contributed by atoms with Crippen LogP contribution < -0.4 is 10.6 Å². The molecule has 2 aliphatic rings. The van der Waals surface area contributed by atoms with Gasteiger partial charge in [-0.1, -0.05) is 6.92 Å². The lowest BCUT2D eigenvalue weighted by Gasteiger charge is -2.28. The molecule has 2 heterocycles. The monoisotopic (exact) mass is 200 g/mol. The van der Waals surface area contributed by atoms with Gasteiger partial charge in [0.1, 0.15) is 0 Å². The van der Waals surface area contributed by atoms with Crippen LogP contribution in [0.25, 0.3) is 0 Å². The van der Waals surface area contributed by atoms with E-state index in [0.29, 0.717) is 0 Å². The lowest BCUT2D eigenvalue weighted by Crippen LogP contribution is -2.49. The third kappa shape index (κ3) is 2.61. The van der Waals surface area contributed by atoms with E-state index in [1.807, 2.05) is 0 Å². The SMILES string of the molecule is CC1CSCC1NC1CCCNC1. The summed E-state index contributed by atoms with van der Waals surface area (Å²) in [5.74, 6) is 3.53. The molecule has 0 amide bonds. The zero-order valence-corrected chi connectivity index (χ0v) is 9.20. The van der Waals surface area contributed by atoms with E-state index in [-0.39, 0.29) is 0 Å². The van der Waals surface area contributed by atoms with Crippen molar-refractivity contribution in [1.82, 2.24) is 10.6 Å². The predicted molar refractivity (Wildman–Crippen MR) is 59.3 cm³/mol. The third-order valence-electron chi connectivity index (χ3n) is 3.11. The normalized spacial score (nSPS) is 40.8. The number of rotatable bonds is 2. The summed E-state index contributed by atoms with van der Waals surface area (Å²) in [6.45, 7) is 4.76. The zero-order valence-electron chi connectivity index (χ0n) is 8.38. The molecule has 76 valence electrons. The predicted octanol–water partition coefficient (Wildman–Crippen LogP) is 1.08. The summed E-state index contributed by atoms with van der Waals surface area (Å²) in [7, 11) is 0. The van der Waals surface area contributed by atoms with Crippen LogP contribution in [-0.2, 0) is 0 Å². The summed E-state index contributed by atoms with van der Waals surface area (Å²) < 4.78 is 0. The molecule has 3 atom stereocenters. The molecule has 2 aliphatic heterocycles. The standard InChI is InChI=1S/C10H20N2S/c1-8-6-13-7-10(8)12-9-3-2-4-11-5-9/h8-12H,2-7H2,1H3. The van der Waals surface area contributed by atoms with E-state index in [1.54, 1.807) is 0 Å². The quantitative estimate of drug-likeness (QED) is 0.697. The molecule has 2 saturated heterocycles. The summed E-state index contributed by atoms with van der Waals surface area (Å²) in [6.07, 6.45) is 2.70. The Kier molecular flexibility index (Phi) is 3.52. The first-order valence-corrected chi connectivity index (χ1v) is 6.56. The first-order valence-electron chi connectivity index (χ1n) is 5.41. The maximum absolute atomic E-state index is 3.78. The van der Waals surface area contributed by atoms with Crippen LogP contribution in [0.15, 0.2) is 0 Å². The maximum Gasteiger partial charge on any atom is 0.0196 e. The largest absolute Gasteiger partial charge is 0.315 e. The average molecular weight is 200 g/mol. The molecular formula is C10H20N2S. The molecule has 0 bridgehead atoms. The Morgan fingerprint density at radius 1 is 1.38 bits per heavy atom. The third-order valence-corrected chi connectivity index (χ3v) is 4.47. The molecule has 0 radical (unpaired) electrons. The Hall–Kier alpha value is 0.270. The summed E-state index contributed by atoms with van der Waals surface area (Å²) >= 11 is 2.10. The number of hydrogen-bond acceptors (Lipinski definition) is 3. The number of thioether (sulfide) groups is 1. The molecule has 3 unspecified atom stereocenters. The molecular weight excluding hydrogens is 180 g/mol. The Labute approximate surface area is 85.2 Å². The van der Waals surface area contributed by atoms with Crippen LogP contribution >= 0.6 is 11.8 Å². The highest BCUT2D eigenvalue weighted by Gasteiger charge is 2.26. The summed E-state index contributed by atoms with van der Waals surface area (Å²) in [6, 6.07) is 1.51. The minimum Gasteiger partial charge on any atom is -0.315 e. The molecule has 0 aliphatic carbocycles. The van der Waals surface area contributed by atoms with Crippen molar-refractivity contribution in [3.05, 3.63) is 0 Å². The smallest absolute Gasteiger partial charge is 0.0196 e. The van der Waals surface area contributed by atoms with E-state index in [0.717, 1.165) is 18.0 Å². The second-order valence-corrected chi connectivity index (χ2v) is 5.41. The lowest BCUT2D eigenvalue weighted by atomic mass is 10.0. The Balaban J connectivity index is 1.75. The molecule has 0 spiro atoms. The van der Waals surface area contributed by atoms with Gasteiger partial charge < -0.3 is 10.6 Å². The van der Waals surface area contributed by atoms with Crippen molar-refractivity contribution >= 4 is 11.8 Å². The van der Waals surface area contributed by atoms with Crippen molar-refractivity contribution in [3.63, 3.8) is 0 Å². The van der Waals surface area contributed by atoms with Gasteiger partial charge in [-0.25, -0.2) is 0 Å². The molecule has 0 aromatic heterocycles. The molecule has 0 saturated carbocycles. The van der Waals surface area contributed by atoms with Gasteiger partial charge in [0.15, 0.2) is 0 Å². The highest BCUT2D eigenvalue weighted by Crippen LogP contribution is 2.24. The van der Waals surface area contributed by atoms with E-state index in [9.17, 15) is 0 Å². The molecule has 3 heteroatoms. The highest BCUT2D eigenvalue weighted by molar-refractivity contribution is 7.99. The first-order chi connectivity index (χ1) is 6.36. The topological polar surface area (TPSA) is 24.1 Å². The molecule has 13 heavy (non-hydrogen) atoms. The number of piperidine rings is 1. The van der Waals surface area contributed by atoms with Gasteiger partial charge in [-0.05, 0) is 31.1 Å². The fourth-order valence-electron chi connectivity index (χ4n) is 2.17. The Morgan fingerprint density at radius 2 is 2.31 bits per heavy atom. The van der Waals surface area contributed by atoms with Crippen LogP contribution in [0.5, 0.6) is 0 Å². The van der Waals surface area contributed by atoms with Crippen LogP contribution in [0, 0.1) is 5.92 Å². The van der Waals surface area contributed by atoms with E-state index in [4.69, 9.17) is 0 Å². The van der Waals surface area contributed by atoms with Crippen LogP contribution in [0.3, 0.4) is 0 Å². The molecule has 2 rings (SSSR count). The second-order valence-electron chi connectivity index (χ2n) is 4.33. The van der Waals surface area contributed by atoms with E-state index in [1.165, 1.54) is 37.4 Å². The van der Waals surface area contributed by atoms with Crippen LogP contribution in [-0.4, -0.2) is 36.7 Å². The van der Waals surface area contributed by atoms with Gasteiger partial charge in [0.2, 0.25) is 0 Å². The van der Waals surface area contributed by atoms with Gasteiger partial charge in [0, 0.05) is 24.4 Å². The molecule has 2 N–H and O–H groups in total. The molecule has 2 fully saturated rings. The zero-order chi connectivity index (χ0) is 9.10. The van der Waals surface area contributed by atoms with Crippen molar-refractivity contribution in [1.29, 1.82) is 0 Å². The first kappa shape index (κ1) is 9.81. The second kappa shape index (κ2) is 4.67. The van der Waals surface area contributed by atoms with Crippen LogP contribution in [0.2, 0.25) is 0 Å². The molecule has 0 aromatic rings. The highest BCUT2D eigenvalue weighted by atomic mass is 32.2. The van der Waals surface area contributed by atoms with Gasteiger partial charge in [0.05, 0.1) is 0 Å². The van der Waals surface area contributed by atoms with Crippen LogP contribution in [0.4, 0.5) is 0 Å². The van der Waals surface area contributed by atoms with Gasteiger partial charge in [0.25, 0.3) is 0 Å². The minimum absolute atomic E-state index is 0.736.